The molecule has 7 nitrogen and oxygen atoms in total. The van der Waals surface area contributed by atoms with Gasteiger partial charge in [0.05, 0.1) is 15.9 Å². The number of amides is 1. The fraction of sp³-hybridized carbons (Fsp3) is 0.391. The highest BCUT2D eigenvalue weighted by Crippen LogP contribution is 2.47. The van der Waals surface area contributed by atoms with Crippen molar-refractivity contribution in [3.63, 3.8) is 0 Å². The summed E-state index contributed by atoms with van der Waals surface area (Å²) in [7, 11) is 1.38. The Morgan fingerprint density at radius 3 is 2.52 bits per heavy atom. The summed E-state index contributed by atoms with van der Waals surface area (Å²) < 4.78 is 27.9. The van der Waals surface area contributed by atoms with Gasteiger partial charge in [-0.1, -0.05) is 30.3 Å². The number of aromatic nitrogens is 2. The molecule has 1 heterocycles. The zero-order valence-electron chi connectivity index (χ0n) is 18.1. The molecule has 0 atom stereocenters. The van der Waals surface area contributed by atoms with Gasteiger partial charge in [-0.3, -0.25) is 4.79 Å². The highest BCUT2D eigenvalue weighted by atomic mass is 32.2. The van der Waals surface area contributed by atoms with Gasteiger partial charge in [0.1, 0.15) is 5.82 Å². The number of carbonyl (C=O) groups is 1. The smallest absolute Gasteiger partial charge is 0.242 e. The quantitative estimate of drug-likeness (QED) is 0.584. The SMILES string of the molecule is CN(C)S(=O)(=O)c1ccc2c(c1)nc(CCC(=O)NCC1(c3ccccc3)CC1)n2C. The first kappa shape index (κ1) is 21.5. The highest BCUT2D eigenvalue weighted by Gasteiger charge is 2.44. The fourth-order valence-electron chi connectivity index (χ4n) is 3.92. The van der Waals surface area contributed by atoms with Gasteiger partial charge in [-0.15, -0.1) is 0 Å². The number of sulfonamides is 1. The summed E-state index contributed by atoms with van der Waals surface area (Å²) in [4.78, 5) is 17.3. The van der Waals surface area contributed by atoms with E-state index >= 15 is 0 Å². The molecular formula is C23H28N4O3S. The molecule has 1 amide bonds. The summed E-state index contributed by atoms with van der Waals surface area (Å²) in [5.74, 6) is 0.763. The molecule has 164 valence electrons. The lowest BCUT2D eigenvalue weighted by atomic mass is 9.96. The lowest BCUT2D eigenvalue weighted by molar-refractivity contribution is -0.121. The molecule has 1 fully saturated rings. The van der Waals surface area contributed by atoms with E-state index in [9.17, 15) is 13.2 Å². The van der Waals surface area contributed by atoms with E-state index in [4.69, 9.17) is 0 Å². The summed E-state index contributed by atoms with van der Waals surface area (Å²) in [6, 6.07) is 15.3. The maximum absolute atomic E-state index is 12.5. The minimum absolute atomic E-state index is 0.00476. The van der Waals surface area contributed by atoms with Gasteiger partial charge < -0.3 is 9.88 Å². The molecule has 4 rings (SSSR count). The van der Waals surface area contributed by atoms with Gasteiger partial charge in [0.25, 0.3) is 0 Å². The number of carbonyl (C=O) groups excluding carboxylic acids is 1. The van der Waals surface area contributed by atoms with Crippen LogP contribution in [0.3, 0.4) is 0 Å². The minimum Gasteiger partial charge on any atom is -0.355 e. The summed E-state index contributed by atoms with van der Waals surface area (Å²) in [5, 5.41) is 3.09. The van der Waals surface area contributed by atoms with Crippen LogP contribution in [-0.4, -0.2) is 48.8 Å². The van der Waals surface area contributed by atoms with Gasteiger partial charge in [-0.05, 0) is 36.6 Å². The standard InChI is InChI=1S/C23H28N4O3S/c1-26(2)31(29,30)18-9-10-20-19(15-18)25-21(27(20)3)11-12-22(28)24-16-23(13-14-23)17-7-5-4-6-8-17/h4-10,15H,11-14,16H2,1-3H3,(H,24,28). The summed E-state index contributed by atoms with van der Waals surface area (Å²) in [6.07, 6.45) is 3.02. The summed E-state index contributed by atoms with van der Waals surface area (Å²) >= 11 is 0. The molecule has 1 saturated carbocycles. The maximum Gasteiger partial charge on any atom is 0.242 e. The third-order valence-electron chi connectivity index (χ3n) is 6.16. The number of nitrogens with one attached hydrogen (secondary N) is 1. The van der Waals surface area contributed by atoms with Crippen LogP contribution in [0.4, 0.5) is 0 Å². The van der Waals surface area contributed by atoms with E-state index in [1.807, 2.05) is 29.8 Å². The summed E-state index contributed by atoms with van der Waals surface area (Å²) in [6.45, 7) is 0.657. The average Bonchev–Trinajstić information content (AvgIpc) is 3.49. The Bertz CT molecular complexity index is 1210. The molecule has 0 aliphatic heterocycles. The number of imidazole rings is 1. The van der Waals surface area contributed by atoms with Gasteiger partial charge in [0.15, 0.2) is 0 Å². The van der Waals surface area contributed by atoms with Crippen molar-refractivity contribution in [2.45, 2.75) is 36.0 Å². The normalized spacial score (nSPS) is 15.4. The average molecular weight is 441 g/mol. The Labute approximate surface area is 183 Å². The van der Waals surface area contributed by atoms with Crippen molar-refractivity contribution in [2.24, 2.45) is 7.05 Å². The number of hydrogen-bond donors (Lipinski definition) is 1. The van der Waals surface area contributed by atoms with Crippen LogP contribution in [-0.2, 0) is 33.7 Å². The number of aryl methyl sites for hydroxylation is 2. The van der Waals surface area contributed by atoms with Gasteiger partial charge in [-0.25, -0.2) is 17.7 Å². The first-order valence-corrected chi connectivity index (χ1v) is 11.9. The Morgan fingerprint density at radius 2 is 1.87 bits per heavy atom. The van der Waals surface area contributed by atoms with Crippen LogP contribution < -0.4 is 5.32 Å². The minimum atomic E-state index is -3.52. The second-order valence-corrected chi connectivity index (χ2v) is 10.6. The lowest BCUT2D eigenvalue weighted by Crippen LogP contribution is -2.32. The first-order valence-electron chi connectivity index (χ1n) is 10.4. The second kappa shape index (κ2) is 8.09. The Morgan fingerprint density at radius 1 is 1.16 bits per heavy atom. The predicted octanol–water partition coefficient (Wildman–Crippen LogP) is 2.60. The first-order chi connectivity index (χ1) is 14.7. The topological polar surface area (TPSA) is 84.3 Å². The van der Waals surface area contributed by atoms with E-state index in [1.165, 1.54) is 24.0 Å². The van der Waals surface area contributed by atoms with Crippen LogP contribution >= 0.6 is 0 Å². The van der Waals surface area contributed by atoms with Crippen molar-refractivity contribution in [1.82, 2.24) is 19.2 Å². The Hall–Kier alpha value is -2.71. The van der Waals surface area contributed by atoms with Crippen LogP contribution in [0, 0.1) is 0 Å². The van der Waals surface area contributed by atoms with Crippen molar-refractivity contribution in [3.05, 3.63) is 59.9 Å². The van der Waals surface area contributed by atoms with Crippen LogP contribution in [0.2, 0.25) is 0 Å². The molecule has 0 bridgehead atoms. The van der Waals surface area contributed by atoms with Crippen molar-refractivity contribution in [2.75, 3.05) is 20.6 Å². The molecule has 0 saturated heterocycles. The number of nitrogens with zero attached hydrogens (tertiary/aromatic N) is 3. The Balaban J connectivity index is 1.41. The monoisotopic (exact) mass is 440 g/mol. The van der Waals surface area contributed by atoms with Gasteiger partial charge >= 0.3 is 0 Å². The fourth-order valence-corrected chi connectivity index (χ4v) is 4.84. The van der Waals surface area contributed by atoms with Crippen LogP contribution in [0.5, 0.6) is 0 Å². The van der Waals surface area contributed by atoms with E-state index in [1.54, 1.807) is 18.2 Å². The van der Waals surface area contributed by atoms with Gasteiger partial charge in [0.2, 0.25) is 15.9 Å². The molecule has 0 unspecified atom stereocenters. The largest absolute Gasteiger partial charge is 0.355 e. The molecule has 1 aliphatic carbocycles. The molecule has 1 aromatic heterocycles. The number of hydrogen-bond acceptors (Lipinski definition) is 4. The molecule has 0 spiro atoms. The van der Waals surface area contributed by atoms with Gasteiger partial charge in [-0.2, -0.15) is 0 Å². The number of rotatable bonds is 8. The third kappa shape index (κ3) is 4.22. The molecule has 2 aromatic carbocycles. The van der Waals surface area contributed by atoms with E-state index in [2.05, 4.69) is 22.4 Å². The van der Waals surface area contributed by atoms with Crippen molar-refractivity contribution in [3.8, 4) is 0 Å². The highest BCUT2D eigenvalue weighted by molar-refractivity contribution is 7.89. The van der Waals surface area contributed by atoms with Crippen LogP contribution in [0.25, 0.3) is 11.0 Å². The van der Waals surface area contributed by atoms with E-state index in [0.29, 0.717) is 24.9 Å². The number of benzene rings is 2. The maximum atomic E-state index is 12.5. The lowest BCUT2D eigenvalue weighted by Gasteiger charge is -2.16. The number of fused-ring (bicyclic) bond motifs is 1. The van der Waals surface area contributed by atoms with Crippen molar-refractivity contribution < 1.29 is 13.2 Å². The van der Waals surface area contributed by atoms with E-state index in [-0.39, 0.29) is 16.2 Å². The summed E-state index contributed by atoms with van der Waals surface area (Å²) in [5.41, 5.74) is 2.83. The zero-order valence-corrected chi connectivity index (χ0v) is 18.9. The van der Waals surface area contributed by atoms with E-state index < -0.39 is 10.0 Å². The third-order valence-corrected chi connectivity index (χ3v) is 7.97. The predicted molar refractivity (Wildman–Crippen MR) is 120 cm³/mol. The second-order valence-electron chi connectivity index (χ2n) is 8.45. The molecule has 31 heavy (non-hydrogen) atoms. The molecular weight excluding hydrogens is 412 g/mol. The molecule has 3 aromatic rings. The molecule has 8 heteroatoms. The molecule has 1 aliphatic rings. The Kier molecular flexibility index (Phi) is 5.61. The van der Waals surface area contributed by atoms with Crippen molar-refractivity contribution >= 4 is 27.0 Å². The molecule has 1 N–H and O–H groups in total. The van der Waals surface area contributed by atoms with Gasteiger partial charge in [0, 0.05) is 45.9 Å². The van der Waals surface area contributed by atoms with E-state index in [0.717, 1.165) is 24.2 Å². The van der Waals surface area contributed by atoms with Crippen molar-refractivity contribution in [1.29, 1.82) is 0 Å². The zero-order chi connectivity index (χ0) is 22.2. The van der Waals surface area contributed by atoms with Crippen LogP contribution in [0.15, 0.2) is 53.4 Å². The van der Waals surface area contributed by atoms with Crippen LogP contribution in [0.1, 0.15) is 30.7 Å². The molecule has 0 radical (unpaired) electrons.